The Morgan fingerprint density at radius 3 is 1.42 bits per heavy atom. The van der Waals surface area contributed by atoms with Crippen molar-refractivity contribution in [2.24, 2.45) is 0 Å². The largest absolute Gasteiger partial charge is 0.497 e. The van der Waals surface area contributed by atoms with Crippen LogP contribution in [0.2, 0.25) is 0 Å². The van der Waals surface area contributed by atoms with Crippen LogP contribution in [0.1, 0.15) is 5.56 Å². The van der Waals surface area contributed by atoms with Gasteiger partial charge in [-0.2, -0.15) is 0 Å². The van der Waals surface area contributed by atoms with E-state index in [2.05, 4.69) is 86.7 Å². The van der Waals surface area contributed by atoms with E-state index < -0.39 is 0 Å². The molecule has 0 N–H and O–H groups in total. The lowest BCUT2D eigenvalue weighted by Gasteiger charge is -2.04. The number of hydrogen-bond donors (Lipinski definition) is 0. The van der Waals surface area contributed by atoms with Crippen LogP contribution >= 0.6 is 45.3 Å². The summed E-state index contributed by atoms with van der Waals surface area (Å²) in [5.74, 6) is 3.00. The molecule has 11 rings (SSSR count). The maximum atomic E-state index is 5.94. The zero-order valence-electron chi connectivity index (χ0n) is 32.5. The molecule has 6 aromatic carbocycles. The molecular formula is C46H32N6O4S4. The highest BCUT2D eigenvalue weighted by Crippen LogP contribution is 2.39. The standard InChI is InChI=1S/C28H20N2O2S.C18H12N4O2S3/c1-17-3-13-24-26(15-17)33-28(30-24)21-10-6-19(7-11-21)18-4-8-20(9-5-18)27-29-23-14-12-22(31-2)16-25(23)32-27;1-23-9-3-5-11-13(7-9)25-15(19-11)17-21-22-18(27-17)16-20-12-6-4-10(24-2)8-14(12)26-16/h3-16H,1-2H3;3-8H,1-2H3. The van der Waals surface area contributed by atoms with Gasteiger partial charge in [0.1, 0.15) is 27.8 Å². The van der Waals surface area contributed by atoms with Gasteiger partial charge in [0, 0.05) is 17.2 Å². The molecule has 0 saturated carbocycles. The first-order valence-electron chi connectivity index (χ1n) is 18.7. The summed E-state index contributed by atoms with van der Waals surface area (Å²) < 4.78 is 25.1. The number of methoxy groups -OCH3 is 3. The second-order valence-corrected chi connectivity index (χ2v) is 17.7. The summed E-state index contributed by atoms with van der Waals surface area (Å²) in [5, 5.41) is 13.0. The molecule has 0 atom stereocenters. The van der Waals surface area contributed by atoms with Crippen molar-refractivity contribution in [1.29, 1.82) is 0 Å². The predicted molar refractivity (Wildman–Crippen MR) is 245 cm³/mol. The summed E-state index contributed by atoms with van der Waals surface area (Å²) >= 11 is 6.40. The van der Waals surface area contributed by atoms with Crippen molar-refractivity contribution < 1.29 is 18.6 Å². The second kappa shape index (κ2) is 15.9. The van der Waals surface area contributed by atoms with Crippen molar-refractivity contribution in [3.8, 4) is 70.4 Å². The molecule has 294 valence electrons. The average molecular weight is 861 g/mol. The first kappa shape index (κ1) is 37.7. The van der Waals surface area contributed by atoms with Crippen LogP contribution < -0.4 is 14.2 Å². The van der Waals surface area contributed by atoms with Gasteiger partial charge in [0.15, 0.2) is 25.6 Å². The Balaban J connectivity index is 0.000000147. The molecule has 10 nitrogen and oxygen atoms in total. The van der Waals surface area contributed by atoms with E-state index >= 15 is 0 Å². The molecule has 0 amide bonds. The van der Waals surface area contributed by atoms with E-state index in [1.165, 1.54) is 21.6 Å². The number of aryl methyl sites for hydroxylation is 1. The fourth-order valence-electron chi connectivity index (χ4n) is 6.56. The summed E-state index contributed by atoms with van der Waals surface area (Å²) in [4.78, 5) is 18.7. The topological polar surface area (TPSA) is 118 Å². The third-order valence-corrected chi connectivity index (χ3v) is 14.0. The van der Waals surface area contributed by atoms with Crippen LogP contribution in [0.5, 0.6) is 17.2 Å². The Morgan fingerprint density at radius 2 is 0.850 bits per heavy atom. The lowest BCUT2D eigenvalue weighted by molar-refractivity contribution is 0.414. The number of fused-ring (bicyclic) bond motifs is 4. The highest BCUT2D eigenvalue weighted by molar-refractivity contribution is 7.28. The minimum atomic E-state index is 0.603. The first-order valence-corrected chi connectivity index (χ1v) is 21.9. The smallest absolute Gasteiger partial charge is 0.227 e. The lowest BCUT2D eigenvalue weighted by atomic mass is 10.0. The molecule has 5 heterocycles. The fourth-order valence-corrected chi connectivity index (χ4v) is 10.5. The number of rotatable bonds is 8. The molecule has 0 aliphatic heterocycles. The van der Waals surface area contributed by atoms with Crippen LogP contribution in [0.4, 0.5) is 0 Å². The number of benzene rings is 6. The van der Waals surface area contributed by atoms with Crippen molar-refractivity contribution in [1.82, 2.24) is 30.1 Å². The molecule has 11 aromatic rings. The van der Waals surface area contributed by atoms with Crippen LogP contribution in [0, 0.1) is 6.92 Å². The Hall–Kier alpha value is -6.58. The molecule has 5 aromatic heterocycles. The molecule has 0 radical (unpaired) electrons. The van der Waals surface area contributed by atoms with E-state index in [0.29, 0.717) is 11.5 Å². The van der Waals surface area contributed by atoms with Gasteiger partial charge in [0.25, 0.3) is 0 Å². The number of thiazole rings is 3. The number of hydrogen-bond acceptors (Lipinski definition) is 14. The number of oxazole rings is 1. The molecule has 0 aliphatic carbocycles. The lowest BCUT2D eigenvalue weighted by Crippen LogP contribution is -1.82. The quantitative estimate of drug-likeness (QED) is 0.146. The van der Waals surface area contributed by atoms with Crippen molar-refractivity contribution in [3.63, 3.8) is 0 Å². The van der Waals surface area contributed by atoms with Gasteiger partial charge in [-0.1, -0.05) is 53.8 Å². The van der Waals surface area contributed by atoms with Crippen molar-refractivity contribution in [2.45, 2.75) is 6.92 Å². The monoisotopic (exact) mass is 860 g/mol. The van der Waals surface area contributed by atoms with Gasteiger partial charge < -0.3 is 18.6 Å². The Bertz CT molecular complexity index is 3220. The summed E-state index contributed by atoms with van der Waals surface area (Å²) in [6, 6.07) is 40.6. The maximum absolute atomic E-state index is 5.94. The van der Waals surface area contributed by atoms with Crippen molar-refractivity contribution >= 4 is 87.1 Å². The summed E-state index contributed by atoms with van der Waals surface area (Å²) in [5.41, 5.74) is 10.1. The van der Waals surface area contributed by atoms with Crippen LogP contribution in [-0.4, -0.2) is 51.5 Å². The minimum absolute atomic E-state index is 0.603. The second-order valence-electron chi connectivity index (χ2n) is 13.6. The highest BCUT2D eigenvalue weighted by atomic mass is 32.1. The Kier molecular flexibility index (Phi) is 9.97. The minimum Gasteiger partial charge on any atom is -0.497 e. The summed E-state index contributed by atoms with van der Waals surface area (Å²) in [6.07, 6.45) is 0. The number of aromatic nitrogens is 6. The number of nitrogens with zero attached hydrogens (tertiary/aromatic N) is 6. The van der Waals surface area contributed by atoms with Gasteiger partial charge in [-0.15, -0.1) is 44.2 Å². The number of ether oxygens (including phenoxy) is 3. The van der Waals surface area contributed by atoms with Crippen LogP contribution in [0.25, 0.3) is 94.9 Å². The zero-order chi connectivity index (χ0) is 40.7. The Labute approximate surface area is 359 Å². The maximum Gasteiger partial charge on any atom is 0.227 e. The molecule has 0 fully saturated rings. The van der Waals surface area contributed by atoms with Crippen LogP contribution in [0.3, 0.4) is 0 Å². The van der Waals surface area contributed by atoms with Gasteiger partial charge >= 0.3 is 0 Å². The summed E-state index contributed by atoms with van der Waals surface area (Å²) in [7, 11) is 4.96. The SMILES string of the molecule is COc1ccc2nc(-c3ccc(-c4ccc(-c5nc6ccc(C)cc6s5)cc4)cc3)oc2c1.COc1ccc2nc(-c3nnc(-c4nc5ccc(OC)cc5s4)s3)sc2c1. The van der Waals surface area contributed by atoms with Crippen LogP contribution in [0.15, 0.2) is 126 Å². The zero-order valence-corrected chi connectivity index (χ0v) is 35.8. The average Bonchev–Trinajstić information content (AvgIpc) is 4.14. The normalized spacial score (nSPS) is 11.3. The fraction of sp³-hybridized carbons (Fsp3) is 0.0870. The highest BCUT2D eigenvalue weighted by Gasteiger charge is 2.17. The molecule has 0 spiro atoms. The van der Waals surface area contributed by atoms with Gasteiger partial charge in [-0.25, -0.2) is 19.9 Å². The molecule has 14 heteroatoms. The molecule has 0 aliphatic rings. The molecule has 60 heavy (non-hydrogen) atoms. The van der Waals surface area contributed by atoms with E-state index in [0.717, 1.165) is 96.0 Å². The molecular weight excluding hydrogens is 829 g/mol. The Morgan fingerprint density at radius 1 is 0.400 bits per heavy atom. The molecule has 0 saturated heterocycles. The molecule has 0 bridgehead atoms. The van der Waals surface area contributed by atoms with E-state index in [1.807, 2.05) is 66.7 Å². The van der Waals surface area contributed by atoms with Gasteiger partial charge in [0.2, 0.25) is 5.89 Å². The van der Waals surface area contributed by atoms with Crippen molar-refractivity contribution in [2.75, 3.05) is 21.3 Å². The van der Waals surface area contributed by atoms with E-state index in [-0.39, 0.29) is 0 Å². The van der Waals surface area contributed by atoms with Gasteiger partial charge in [-0.05, 0) is 96.4 Å². The third-order valence-electron chi connectivity index (χ3n) is 9.72. The third kappa shape index (κ3) is 7.45. The molecule has 0 unspecified atom stereocenters. The van der Waals surface area contributed by atoms with Gasteiger partial charge in [-0.3, -0.25) is 0 Å². The van der Waals surface area contributed by atoms with Gasteiger partial charge in [0.05, 0.1) is 52.0 Å². The van der Waals surface area contributed by atoms with E-state index in [9.17, 15) is 0 Å². The first-order chi connectivity index (χ1) is 29.4. The van der Waals surface area contributed by atoms with Crippen LogP contribution in [-0.2, 0) is 0 Å². The van der Waals surface area contributed by atoms with E-state index in [4.69, 9.17) is 23.6 Å². The van der Waals surface area contributed by atoms with Crippen molar-refractivity contribution in [3.05, 3.63) is 127 Å². The van der Waals surface area contributed by atoms with E-state index in [1.54, 1.807) is 55.3 Å². The predicted octanol–water partition coefficient (Wildman–Crippen LogP) is 12.9. The summed E-state index contributed by atoms with van der Waals surface area (Å²) in [6.45, 7) is 2.11.